The van der Waals surface area contributed by atoms with Gasteiger partial charge in [0.15, 0.2) is 0 Å². The maximum atomic E-state index is 12.6. The van der Waals surface area contributed by atoms with Gasteiger partial charge in [0.25, 0.3) is 0 Å². The van der Waals surface area contributed by atoms with Gasteiger partial charge < -0.3 is 5.73 Å². The Hall–Kier alpha value is -0.0200. The van der Waals surface area contributed by atoms with E-state index in [-0.39, 0.29) is 5.41 Å². The molecule has 0 aromatic rings. The van der Waals surface area contributed by atoms with E-state index in [0.717, 1.165) is 41.9 Å². The standard InChI is InChI=1S/C23H39NOS/c1-15-13-16-14-17(26-12-4-11-24)7-9-22(16,2)19-8-10-23(3)18(21(15)19)5-6-20(23)25/h15-19,21H,4-14,24H2,1-3H3/t15-,16?,17-,18+,19+,21+,22+,23+/m1/s1. The monoisotopic (exact) mass is 377 g/mol. The minimum Gasteiger partial charge on any atom is -0.330 e. The quantitative estimate of drug-likeness (QED) is 0.677. The van der Waals surface area contributed by atoms with Crippen LogP contribution in [0.5, 0.6) is 0 Å². The number of carbonyl (C=O) groups is 1. The topological polar surface area (TPSA) is 43.1 Å². The fourth-order valence-corrected chi connectivity index (χ4v) is 9.17. The lowest BCUT2D eigenvalue weighted by Crippen LogP contribution is -2.56. The molecule has 4 saturated carbocycles. The van der Waals surface area contributed by atoms with Crippen molar-refractivity contribution in [3.63, 3.8) is 0 Å². The zero-order valence-corrected chi connectivity index (χ0v) is 18.0. The van der Waals surface area contributed by atoms with Gasteiger partial charge in [0.2, 0.25) is 0 Å². The summed E-state index contributed by atoms with van der Waals surface area (Å²) in [4.78, 5) is 12.6. The van der Waals surface area contributed by atoms with Crippen LogP contribution in [0.1, 0.15) is 78.6 Å². The molecule has 3 heteroatoms. The van der Waals surface area contributed by atoms with Crippen molar-refractivity contribution in [3.8, 4) is 0 Å². The molecule has 0 aromatic heterocycles. The molecule has 4 fully saturated rings. The molecule has 0 aromatic carbocycles. The summed E-state index contributed by atoms with van der Waals surface area (Å²) in [6.45, 7) is 8.31. The summed E-state index contributed by atoms with van der Waals surface area (Å²) in [6, 6.07) is 0. The van der Waals surface area contributed by atoms with Gasteiger partial charge in [-0.05, 0) is 98.7 Å². The highest BCUT2D eigenvalue weighted by molar-refractivity contribution is 7.99. The van der Waals surface area contributed by atoms with Gasteiger partial charge in [0, 0.05) is 17.1 Å². The summed E-state index contributed by atoms with van der Waals surface area (Å²) in [5.74, 6) is 5.90. The molecule has 26 heavy (non-hydrogen) atoms. The lowest BCUT2D eigenvalue weighted by atomic mass is 9.43. The Labute approximate surface area is 164 Å². The SMILES string of the molecule is C[C@@H]1CC2C[C@H](SCCCN)CC[C@]2(C)[C@H]2CC[C@]3(C)C(=O)CC[C@H]3[C@H]12. The van der Waals surface area contributed by atoms with Crippen LogP contribution >= 0.6 is 11.8 Å². The average Bonchev–Trinajstić information content (AvgIpc) is 2.92. The van der Waals surface area contributed by atoms with Gasteiger partial charge in [0.1, 0.15) is 5.78 Å². The van der Waals surface area contributed by atoms with Crippen molar-refractivity contribution < 1.29 is 4.79 Å². The third-order valence-corrected chi connectivity index (χ3v) is 10.8. The smallest absolute Gasteiger partial charge is 0.139 e. The summed E-state index contributed by atoms with van der Waals surface area (Å²) < 4.78 is 0. The maximum absolute atomic E-state index is 12.6. The largest absolute Gasteiger partial charge is 0.330 e. The molecule has 4 aliphatic carbocycles. The van der Waals surface area contributed by atoms with E-state index in [1.165, 1.54) is 57.1 Å². The van der Waals surface area contributed by atoms with Crippen LogP contribution in [0, 0.1) is 40.4 Å². The molecule has 1 unspecified atom stereocenters. The van der Waals surface area contributed by atoms with Crippen LogP contribution in [-0.4, -0.2) is 23.3 Å². The maximum Gasteiger partial charge on any atom is 0.139 e. The zero-order chi connectivity index (χ0) is 18.5. The molecule has 0 aliphatic heterocycles. The van der Waals surface area contributed by atoms with Crippen LogP contribution in [-0.2, 0) is 4.79 Å². The first-order chi connectivity index (χ1) is 12.4. The van der Waals surface area contributed by atoms with E-state index in [9.17, 15) is 4.79 Å². The van der Waals surface area contributed by atoms with Crippen LogP contribution in [0.2, 0.25) is 0 Å². The first-order valence-electron chi connectivity index (χ1n) is 11.2. The number of Topliss-reactive ketones (excluding diaryl/α,β-unsaturated/α-hetero) is 1. The highest BCUT2D eigenvalue weighted by atomic mass is 32.2. The molecule has 0 saturated heterocycles. The first kappa shape index (κ1) is 19.3. The van der Waals surface area contributed by atoms with E-state index in [4.69, 9.17) is 5.73 Å². The molecular formula is C23H39NOS. The van der Waals surface area contributed by atoms with E-state index in [1.54, 1.807) is 0 Å². The van der Waals surface area contributed by atoms with Gasteiger partial charge in [-0.25, -0.2) is 0 Å². The van der Waals surface area contributed by atoms with Crippen molar-refractivity contribution in [1.29, 1.82) is 0 Å². The number of fused-ring (bicyclic) bond motifs is 5. The van der Waals surface area contributed by atoms with Crippen LogP contribution in [0.4, 0.5) is 0 Å². The fourth-order valence-electron chi connectivity index (χ4n) is 7.86. The lowest BCUT2D eigenvalue weighted by Gasteiger charge is -2.62. The van der Waals surface area contributed by atoms with E-state index in [0.29, 0.717) is 17.1 Å². The van der Waals surface area contributed by atoms with Crippen LogP contribution < -0.4 is 5.73 Å². The minimum absolute atomic E-state index is 0.0217. The summed E-state index contributed by atoms with van der Waals surface area (Å²) in [5.41, 5.74) is 6.25. The highest BCUT2D eigenvalue weighted by Gasteiger charge is 2.61. The summed E-state index contributed by atoms with van der Waals surface area (Å²) in [7, 11) is 0. The summed E-state index contributed by atoms with van der Waals surface area (Å²) >= 11 is 2.20. The van der Waals surface area contributed by atoms with Crippen LogP contribution in [0.3, 0.4) is 0 Å². The summed E-state index contributed by atoms with van der Waals surface area (Å²) in [5, 5.41) is 0.866. The van der Waals surface area contributed by atoms with Gasteiger partial charge in [-0.3, -0.25) is 4.79 Å². The van der Waals surface area contributed by atoms with Gasteiger partial charge >= 0.3 is 0 Å². The average molecular weight is 378 g/mol. The number of hydrogen-bond donors (Lipinski definition) is 1. The zero-order valence-electron chi connectivity index (χ0n) is 17.1. The molecular weight excluding hydrogens is 338 g/mol. The highest BCUT2D eigenvalue weighted by Crippen LogP contribution is 2.67. The van der Waals surface area contributed by atoms with Gasteiger partial charge in [-0.1, -0.05) is 20.8 Å². The van der Waals surface area contributed by atoms with E-state index in [1.807, 2.05) is 0 Å². The van der Waals surface area contributed by atoms with Crippen molar-refractivity contribution in [1.82, 2.24) is 0 Å². The Bertz CT molecular complexity index is 550. The molecule has 0 radical (unpaired) electrons. The number of hydrogen-bond acceptors (Lipinski definition) is 3. The Morgan fingerprint density at radius 1 is 1.12 bits per heavy atom. The number of rotatable bonds is 4. The van der Waals surface area contributed by atoms with Crippen molar-refractivity contribution in [2.45, 2.75) is 83.8 Å². The molecule has 0 heterocycles. The fraction of sp³-hybridized carbons (Fsp3) is 0.957. The Balaban J connectivity index is 1.51. The van der Waals surface area contributed by atoms with E-state index in [2.05, 4.69) is 32.5 Å². The normalized spacial score (nSPS) is 50.8. The molecule has 0 amide bonds. The predicted molar refractivity (Wildman–Crippen MR) is 111 cm³/mol. The number of thioether (sulfide) groups is 1. The second-order valence-corrected chi connectivity index (χ2v) is 11.9. The second kappa shape index (κ2) is 7.10. The van der Waals surface area contributed by atoms with Gasteiger partial charge in [0.05, 0.1) is 0 Å². The molecule has 2 N–H and O–H groups in total. The van der Waals surface area contributed by atoms with Gasteiger partial charge in [-0.15, -0.1) is 0 Å². The van der Waals surface area contributed by atoms with Crippen molar-refractivity contribution >= 4 is 17.5 Å². The van der Waals surface area contributed by atoms with Crippen LogP contribution in [0.15, 0.2) is 0 Å². The van der Waals surface area contributed by atoms with Crippen molar-refractivity contribution in [2.75, 3.05) is 12.3 Å². The third-order valence-electron chi connectivity index (χ3n) is 9.39. The summed E-state index contributed by atoms with van der Waals surface area (Å²) in [6.07, 6.45) is 11.3. The molecule has 148 valence electrons. The molecule has 0 spiro atoms. The Kier molecular flexibility index (Phi) is 5.27. The Morgan fingerprint density at radius 2 is 1.92 bits per heavy atom. The van der Waals surface area contributed by atoms with E-state index < -0.39 is 0 Å². The first-order valence-corrected chi connectivity index (χ1v) is 12.3. The second-order valence-electron chi connectivity index (χ2n) is 10.5. The molecule has 4 rings (SSSR count). The van der Waals surface area contributed by atoms with Crippen molar-refractivity contribution in [2.24, 2.45) is 46.2 Å². The molecule has 4 aliphatic rings. The number of ketones is 1. The molecule has 2 nitrogen and oxygen atoms in total. The number of carbonyl (C=O) groups excluding carboxylic acids is 1. The van der Waals surface area contributed by atoms with Crippen molar-refractivity contribution in [3.05, 3.63) is 0 Å². The molecule has 8 atom stereocenters. The predicted octanol–water partition coefficient (Wildman–Crippen LogP) is 5.29. The third kappa shape index (κ3) is 2.91. The molecule has 0 bridgehead atoms. The minimum atomic E-state index is 0.0217. The van der Waals surface area contributed by atoms with Crippen LogP contribution in [0.25, 0.3) is 0 Å². The van der Waals surface area contributed by atoms with E-state index >= 15 is 0 Å². The lowest BCUT2D eigenvalue weighted by molar-refractivity contribution is -0.146. The number of nitrogens with two attached hydrogens (primary N) is 1. The Morgan fingerprint density at radius 3 is 2.69 bits per heavy atom. The van der Waals surface area contributed by atoms with Gasteiger partial charge in [-0.2, -0.15) is 11.8 Å².